The van der Waals surface area contributed by atoms with E-state index in [1.54, 1.807) is 16.8 Å². The zero-order valence-electron chi connectivity index (χ0n) is 8.23. The molecule has 0 unspecified atom stereocenters. The van der Waals surface area contributed by atoms with Crippen molar-refractivity contribution >= 4 is 17.4 Å². The van der Waals surface area contributed by atoms with Crippen LogP contribution in [0.4, 0.5) is 6.01 Å². The Bertz CT molecular complexity index is 399. The summed E-state index contributed by atoms with van der Waals surface area (Å²) in [5.74, 6) is 0.573. The SMILES string of the molecule is CNCc1nnc(NCc2cncs2)o1. The topological polar surface area (TPSA) is 75.9 Å². The fourth-order valence-electron chi connectivity index (χ4n) is 1.04. The Kier molecular flexibility index (Phi) is 3.25. The van der Waals surface area contributed by atoms with Gasteiger partial charge in [-0.1, -0.05) is 5.10 Å². The third-order valence-corrected chi connectivity index (χ3v) is 2.47. The first-order chi connectivity index (χ1) is 7.38. The average molecular weight is 225 g/mol. The molecule has 0 aromatic carbocycles. The second-order valence-electron chi connectivity index (χ2n) is 2.85. The van der Waals surface area contributed by atoms with Crippen molar-refractivity contribution in [2.75, 3.05) is 12.4 Å². The van der Waals surface area contributed by atoms with Crippen LogP contribution in [0.15, 0.2) is 16.1 Å². The van der Waals surface area contributed by atoms with E-state index in [1.807, 2.05) is 13.2 Å². The molecule has 0 aliphatic rings. The maximum atomic E-state index is 5.31. The number of anilines is 1. The van der Waals surface area contributed by atoms with Crippen LogP contribution in [0.2, 0.25) is 0 Å². The summed E-state index contributed by atoms with van der Waals surface area (Å²) in [6, 6.07) is 0.439. The van der Waals surface area contributed by atoms with Gasteiger partial charge in [-0.3, -0.25) is 4.98 Å². The molecular weight excluding hydrogens is 214 g/mol. The summed E-state index contributed by atoms with van der Waals surface area (Å²) in [6.07, 6.45) is 1.81. The lowest BCUT2D eigenvalue weighted by atomic mass is 10.5. The molecule has 2 heterocycles. The van der Waals surface area contributed by atoms with E-state index in [9.17, 15) is 0 Å². The lowest BCUT2D eigenvalue weighted by Gasteiger charge is -1.96. The minimum atomic E-state index is 0.439. The Hall–Kier alpha value is -1.47. The Labute approximate surface area is 90.7 Å². The van der Waals surface area contributed by atoms with E-state index < -0.39 is 0 Å². The van der Waals surface area contributed by atoms with Gasteiger partial charge in [0.05, 0.1) is 18.6 Å². The van der Waals surface area contributed by atoms with Crippen molar-refractivity contribution in [3.05, 3.63) is 22.5 Å². The smallest absolute Gasteiger partial charge is 0.315 e. The minimum Gasteiger partial charge on any atom is -0.407 e. The molecule has 0 aliphatic carbocycles. The number of hydrogen-bond acceptors (Lipinski definition) is 7. The summed E-state index contributed by atoms with van der Waals surface area (Å²) in [6.45, 7) is 1.24. The quantitative estimate of drug-likeness (QED) is 0.786. The molecule has 2 rings (SSSR count). The molecule has 2 aromatic heterocycles. The van der Waals surface area contributed by atoms with Gasteiger partial charge in [0, 0.05) is 11.1 Å². The second kappa shape index (κ2) is 4.85. The van der Waals surface area contributed by atoms with Gasteiger partial charge in [-0.15, -0.1) is 16.4 Å². The zero-order valence-corrected chi connectivity index (χ0v) is 9.04. The lowest BCUT2D eigenvalue weighted by Crippen LogP contribution is -2.04. The monoisotopic (exact) mass is 225 g/mol. The minimum absolute atomic E-state index is 0.439. The molecular formula is C8H11N5OS. The molecule has 0 saturated carbocycles. The molecule has 0 atom stereocenters. The summed E-state index contributed by atoms with van der Waals surface area (Å²) in [4.78, 5) is 5.10. The number of thiazole rings is 1. The van der Waals surface area contributed by atoms with Gasteiger partial charge in [-0.05, 0) is 7.05 Å². The summed E-state index contributed by atoms with van der Waals surface area (Å²) in [5, 5.41) is 13.7. The molecule has 0 bridgehead atoms. The highest BCUT2D eigenvalue weighted by Gasteiger charge is 2.04. The summed E-state index contributed by atoms with van der Waals surface area (Å²) >= 11 is 1.58. The first kappa shape index (κ1) is 10.1. The van der Waals surface area contributed by atoms with Gasteiger partial charge in [-0.25, -0.2) is 0 Å². The van der Waals surface area contributed by atoms with Crippen molar-refractivity contribution in [3.63, 3.8) is 0 Å². The standard InChI is InChI=1S/C8H11N5OS/c1-9-4-7-12-13-8(14-7)11-3-6-2-10-5-15-6/h2,5,9H,3-4H2,1H3,(H,11,13). The zero-order chi connectivity index (χ0) is 10.5. The molecule has 80 valence electrons. The van der Waals surface area contributed by atoms with E-state index in [0.29, 0.717) is 25.0 Å². The third-order valence-electron chi connectivity index (χ3n) is 1.69. The summed E-state index contributed by atoms with van der Waals surface area (Å²) in [5.41, 5.74) is 1.79. The number of aromatic nitrogens is 3. The van der Waals surface area contributed by atoms with E-state index in [0.717, 1.165) is 4.88 Å². The van der Waals surface area contributed by atoms with E-state index in [2.05, 4.69) is 25.8 Å². The highest BCUT2D eigenvalue weighted by Crippen LogP contribution is 2.10. The lowest BCUT2D eigenvalue weighted by molar-refractivity contribution is 0.489. The fraction of sp³-hybridized carbons (Fsp3) is 0.375. The fourth-order valence-corrected chi connectivity index (χ4v) is 1.57. The van der Waals surface area contributed by atoms with E-state index >= 15 is 0 Å². The van der Waals surface area contributed by atoms with Crippen LogP contribution >= 0.6 is 11.3 Å². The Morgan fingerprint density at radius 1 is 1.40 bits per heavy atom. The van der Waals surface area contributed by atoms with Crippen LogP contribution in [-0.4, -0.2) is 22.2 Å². The van der Waals surface area contributed by atoms with Gasteiger partial charge < -0.3 is 15.1 Å². The molecule has 15 heavy (non-hydrogen) atoms. The predicted octanol–water partition coefficient (Wildman–Crippen LogP) is 0.858. The van der Waals surface area contributed by atoms with Crippen molar-refractivity contribution in [3.8, 4) is 0 Å². The molecule has 0 amide bonds. The molecule has 0 saturated heterocycles. The molecule has 7 heteroatoms. The van der Waals surface area contributed by atoms with E-state index in [4.69, 9.17) is 4.42 Å². The van der Waals surface area contributed by atoms with Crippen LogP contribution in [-0.2, 0) is 13.1 Å². The predicted molar refractivity (Wildman–Crippen MR) is 56.5 cm³/mol. The van der Waals surface area contributed by atoms with E-state index in [1.165, 1.54) is 0 Å². The van der Waals surface area contributed by atoms with Gasteiger partial charge in [0.1, 0.15) is 0 Å². The largest absolute Gasteiger partial charge is 0.407 e. The van der Waals surface area contributed by atoms with Crippen LogP contribution in [0.5, 0.6) is 0 Å². The van der Waals surface area contributed by atoms with Gasteiger partial charge in [0.25, 0.3) is 0 Å². The number of nitrogens with one attached hydrogen (secondary N) is 2. The molecule has 0 spiro atoms. The maximum absolute atomic E-state index is 5.31. The normalized spacial score (nSPS) is 10.5. The van der Waals surface area contributed by atoms with Gasteiger partial charge in [0.2, 0.25) is 5.89 Å². The Morgan fingerprint density at radius 3 is 3.07 bits per heavy atom. The number of nitrogens with zero attached hydrogens (tertiary/aromatic N) is 3. The van der Waals surface area contributed by atoms with Crippen molar-refractivity contribution < 1.29 is 4.42 Å². The Balaban J connectivity index is 1.88. The van der Waals surface area contributed by atoms with Crippen molar-refractivity contribution in [2.45, 2.75) is 13.1 Å². The molecule has 0 fully saturated rings. The Morgan fingerprint density at radius 2 is 2.33 bits per heavy atom. The van der Waals surface area contributed by atoms with Crippen molar-refractivity contribution in [1.29, 1.82) is 0 Å². The van der Waals surface area contributed by atoms with E-state index in [-0.39, 0.29) is 0 Å². The number of hydrogen-bond donors (Lipinski definition) is 2. The first-order valence-corrected chi connectivity index (χ1v) is 5.34. The summed E-state index contributed by atoms with van der Waals surface area (Å²) < 4.78 is 5.31. The first-order valence-electron chi connectivity index (χ1n) is 4.46. The molecule has 0 radical (unpaired) electrons. The van der Waals surface area contributed by atoms with Crippen LogP contribution in [0.25, 0.3) is 0 Å². The van der Waals surface area contributed by atoms with Crippen LogP contribution < -0.4 is 10.6 Å². The average Bonchev–Trinajstić information content (AvgIpc) is 2.85. The van der Waals surface area contributed by atoms with Crippen molar-refractivity contribution in [1.82, 2.24) is 20.5 Å². The summed E-state index contributed by atoms with van der Waals surface area (Å²) in [7, 11) is 1.83. The second-order valence-corrected chi connectivity index (χ2v) is 3.82. The van der Waals surface area contributed by atoms with Gasteiger partial charge >= 0.3 is 6.01 Å². The highest BCUT2D eigenvalue weighted by molar-refractivity contribution is 7.09. The molecule has 0 aliphatic heterocycles. The molecule has 2 aromatic rings. The van der Waals surface area contributed by atoms with Crippen molar-refractivity contribution in [2.24, 2.45) is 0 Å². The third kappa shape index (κ3) is 2.74. The highest BCUT2D eigenvalue weighted by atomic mass is 32.1. The van der Waals surface area contributed by atoms with Gasteiger partial charge in [-0.2, -0.15) is 0 Å². The van der Waals surface area contributed by atoms with Crippen LogP contribution in [0.3, 0.4) is 0 Å². The maximum Gasteiger partial charge on any atom is 0.315 e. The van der Waals surface area contributed by atoms with Gasteiger partial charge in [0.15, 0.2) is 0 Å². The molecule has 2 N–H and O–H groups in total. The molecule has 6 nitrogen and oxygen atoms in total. The number of rotatable bonds is 5. The van der Waals surface area contributed by atoms with Crippen LogP contribution in [0.1, 0.15) is 10.8 Å². The van der Waals surface area contributed by atoms with Crippen LogP contribution in [0, 0.1) is 0 Å².